The van der Waals surface area contributed by atoms with Crippen molar-refractivity contribution >= 4 is 32.7 Å². The fraction of sp³-hybridized carbons (Fsp3) is 0. The van der Waals surface area contributed by atoms with E-state index in [4.69, 9.17) is 0 Å². The summed E-state index contributed by atoms with van der Waals surface area (Å²) in [4.78, 5) is 16.8. The summed E-state index contributed by atoms with van der Waals surface area (Å²) in [6.07, 6.45) is 1.43. The number of H-pyrrole nitrogens is 1. The van der Waals surface area contributed by atoms with Crippen LogP contribution < -0.4 is 0 Å². The van der Waals surface area contributed by atoms with E-state index in [2.05, 4.69) is 25.9 Å². The first-order valence-electron chi connectivity index (χ1n) is 3.45. The van der Waals surface area contributed by atoms with Gasteiger partial charge in [-0.3, -0.25) is 10.1 Å². The van der Waals surface area contributed by atoms with Crippen molar-refractivity contribution in [1.82, 2.24) is 9.97 Å². The highest BCUT2D eigenvalue weighted by atomic mass is 79.9. The van der Waals surface area contributed by atoms with Crippen LogP contribution in [0.1, 0.15) is 0 Å². The monoisotopic (exact) mass is 241 g/mol. The van der Waals surface area contributed by atoms with Gasteiger partial charge in [0.25, 0.3) is 5.69 Å². The minimum atomic E-state index is -0.439. The zero-order valence-electron chi connectivity index (χ0n) is 6.32. The van der Waals surface area contributed by atoms with Crippen LogP contribution in [0.3, 0.4) is 0 Å². The predicted molar refractivity (Wildman–Crippen MR) is 50.4 cm³/mol. The van der Waals surface area contributed by atoms with E-state index in [-0.39, 0.29) is 5.69 Å². The number of non-ortho nitro benzene ring substituents is 1. The zero-order valence-corrected chi connectivity index (χ0v) is 7.91. The molecular weight excluding hydrogens is 238 g/mol. The van der Waals surface area contributed by atoms with Crippen LogP contribution >= 0.6 is 15.9 Å². The number of imidazole rings is 1. The van der Waals surface area contributed by atoms with Crippen molar-refractivity contribution in [2.45, 2.75) is 0 Å². The number of nitrogens with zero attached hydrogens (tertiary/aromatic N) is 2. The first kappa shape index (κ1) is 8.18. The maximum Gasteiger partial charge on any atom is 0.296 e. The van der Waals surface area contributed by atoms with E-state index in [0.717, 1.165) is 0 Å². The Hall–Kier alpha value is -1.43. The largest absolute Gasteiger partial charge is 0.339 e. The molecule has 0 aliphatic heterocycles. The van der Waals surface area contributed by atoms with Gasteiger partial charge in [0.2, 0.25) is 0 Å². The van der Waals surface area contributed by atoms with Crippen LogP contribution in [-0.4, -0.2) is 14.9 Å². The molecule has 1 heterocycles. The van der Waals surface area contributed by atoms with Crippen molar-refractivity contribution in [3.05, 3.63) is 33.0 Å². The fourth-order valence-electron chi connectivity index (χ4n) is 1.14. The van der Waals surface area contributed by atoms with Gasteiger partial charge in [-0.2, -0.15) is 0 Å². The number of benzene rings is 1. The van der Waals surface area contributed by atoms with Gasteiger partial charge in [0, 0.05) is 10.5 Å². The van der Waals surface area contributed by atoms with E-state index in [1.165, 1.54) is 12.4 Å². The Morgan fingerprint density at radius 3 is 3.00 bits per heavy atom. The Bertz CT molecular complexity index is 480. The van der Waals surface area contributed by atoms with Crippen molar-refractivity contribution in [3.8, 4) is 0 Å². The second-order valence-corrected chi connectivity index (χ2v) is 3.39. The number of nitro groups is 1. The molecule has 1 N–H and O–H groups in total. The Balaban J connectivity index is 2.84. The minimum absolute atomic E-state index is 0.0295. The van der Waals surface area contributed by atoms with Crippen molar-refractivity contribution in [2.75, 3.05) is 0 Å². The summed E-state index contributed by atoms with van der Waals surface area (Å²) < 4.78 is 0.652. The lowest BCUT2D eigenvalue weighted by molar-refractivity contribution is -0.383. The number of hydrogen-bond donors (Lipinski definition) is 1. The molecule has 5 nitrogen and oxygen atoms in total. The Kier molecular flexibility index (Phi) is 1.77. The SMILES string of the molecule is O=[N+]([O-])c1cc(Br)cc2nc[nH]c12. The molecule has 0 fully saturated rings. The van der Waals surface area contributed by atoms with E-state index in [1.54, 1.807) is 6.07 Å². The number of aromatic amines is 1. The molecule has 2 rings (SSSR count). The third-order valence-corrected chi connectivity index (χ3v) is 2.13. The minimum Gasteiger partial charge on any atom is -0.339 e. The Morgan fingerprint density at radius 1 is 1.54 bits per heavy atom. The van der Waals surface area contributed by atoms with Crippen LogP contribution in [-0.2, 0) is 0 Å². The summed E-state index contributed by atoms with van der Waals surface area (Å²) in [6, 6.07) is 3.17. The summed E-state index contributed by atoms with van der Waals surface area (Å²) in [6.45, 7) is 0. The second kappa shape index (κ2) is 2.81. The number of aromatic nitrogens is 2. The number of nitro benzene ring substituents is 1. The first-order valence-corrected chi connectivity index (χ1v) is 4.25. The fourth-order valence-corrected chi connectivity index (χ4v) is 1.57. The van der Waals surface area contributed by atoms with Crippen LogP contribution in [0.25, 0.3) is 11.0 Å². The molecule has 0 atom stereocenters. The third-order valence-electron chi connectivity index (χ3n) is 1.67. The quantitative estimate of drug-likeness (QED) is 0.615. The smallest absolute Gasteiger partial charge is 0.296 e. The highest BCUT2D eigenvalue weighted by molar-refractivity contribution is 9.10. The third kappa shape index (κ3) is 1.29. The summed E-state index contributed by atoms with van der Waals surface area (Å²) in [5, 5.41) is 10.6. The lowest BCUT2D eigenvalue weighted by atomic mass is 10.3. The van der Waals surface area contributed by atoms with Crippen molar-refractivity contribution in [2.24, 2.45) is 0 Å². The van der Waals surface area contributed by atoms with E-state index >= 15 is 0 Å². The van der Waals surface area contributed by atoms with Crippen molar-refractivity contribution in [3.63, 3.8) is 0 Å². The van der Waals surface area contributed by atoms with E-state index in [9.17, 15) is 10.1 Å². The second-order valence-electron chi connectivity index (χ2n) is 2.48. The topological polar surface area (TPSA) is 71.8 Å². The Morgan fingerprint density at radius 2 is 2.31 bits per heavy atom. The molecule has 0 aliphatic carbocycles. The molecule has 0 amide bonds. The molecule has 0 spiro atoms. The molecule has 1 aromatic carbocycles. The highest BCUT2D eigenvalue weighted by Crippen LogP contribution is 2.27. The van der Waals surface area contributed by atoms with Gasteiger partial charge >= 0.3 is 0 Å². The molecular formula is C7H4BrN3O2. The van der Waals surface area contributed by atoms with Crippen molar-refractivity contribution < 1.29 is 4.92 Å². The maximum absolute atomic E-state index is 10.6. The average Bonchev–Trinajstić information content (AvgIpc) is 2.49. The number of hydrogen-bond acceptors (Lipinski definition) is 3. The lowest BCUT2D eigenvalue weighted by Gasteiger charge is -1.93. The number of rotatable bonds is 1. The summed E-state index contributed by atoms with van der Waals surface area (Å²) >= 11 is 3.18. The molecule has 0 bridgehead atoms. The zero-order chi connectivity index (χ0) is 9.42. The first-order chi connectivity index (χ1) is 6.18. The lowest BCUT2D eigenvalue weighted by Crippen LogP contribution is -1.89. The highest BCUT2D eigenvalue weighted by Gasteiger charge is 2.14. The summed E-state index contributed by atoms with van der Waals surface area (Å²) in [7, 11) is 0. The Labute approximate surface area is 81.1 Å². The number of nitrogens with one attached hydrogen (secondary N) is 1. The van der Waals surface area contributed by atoms with Gasteiger partial charge in [0.05, 0.1) is 16.8 Å². The molecule has 66 valence electrons. The maximum atomic E-state index is 10.6. The molecule has 1 aromatic heterocycles. The molecule has 0 unspecified atom stereocenters. The molecule has 0 saturated carbocycles. The summed E-state index contributed by atoms with van der Waals surface area (Å²) in [5.41, 5.74) is 1.07. The molecule has 13 heavy (non-hydrogen) atoms. The molecule has 0 saturated heterocycles. The van der Waals surface area contributed by atoms with Crippen molar-refractivity contribution in [1.29, 1.82) is 0 Å². The van der Waals surface area contributed by atoms with Crippen LogP contribution in [0.15, 0.2) is 22.9 Å². The van der Waals surface area contributed by atoms with E-state index < -0.39 is 4.92 Å². The van der Waals surface area contributed by atoms with Gasteiger partial charge in [0.15, 0.2) is 0 Å². The molecule has 0 radical (unpaired) electrons. The predicted octanol–water partition coefficient (Wildman–Crippen LogP) is 2.23. The van der Waals surface area contributed by atoms with Crippen LogP contribution in [0, 0.1) is 10.1 Å². The number of halogens is 1. The van der Waals surface area contributed by atoms with Gasteiger partial charge in [0.1, 0.15) is 5.52 Å². The van der Waals surface area contributed by atoms with Crippen LogP contribution in [0.4, 0.5) is 5.69 Å². The normalized spacial score (nSPS) is 10.5. The van der Waals surface area contributed by atoms with Crippen LogP contribution in [0.2, 0.25) is 0 Å². The van der Waals surface area contributed by atoms with E-state index in [1.807, 2.05) is 0 Å². The summed E-state index contributed by atoms with van der Waals surface area (Å²) in [5.74, 6) is 0. The van der Waals surface area contributed by atoms with Gasteiger partial charge in [-0.1, -0.05) is 15.9 Å². The molecule has 2 aromatic rings. The average molecular weight is 242 g/mol. The molecule has 6 heteroatoms. The number of fused-ring (bicyclic) bond motifs is 1. The standard InChI is InChI=1S/C7H4BrN3O2/c8-4-1-5-7(10-3-9-5)6(2-4)11(12)13/h1-3H,(H,9,10). The van der Waals surface area contributed by atoms with Gasteiger partial charge < -0.3 is 4.98 Å². The van der Waals surface area contributed by atoms with E-state index in [0.29, 0.717) is 15.5 Å². The molecule has 0 aliphatic rings. The van der Waals surface area contributed by atoms with Gasteiger partial charge in [-0.15, -0.1) is 0 Å². The van der Waals surface area contributed by atoms with Gasteiger partial charge in [-0.25, -0.2) is 4.98 Å². The van der Waals surface area contributed by atoms with Crippen LogP contribution in [0.5, 0.6) is 0 Å². The van der Waals surface area contributed by atoms with Gasteiger partial charge in [-0.05, 0) is 6.07 Å².